The summed E-state index contributed by atoms with van der Waals surface area (Å²) in [4.78, 5) is 21.9. The number of hydrogen-bond acceptors (Lipinski definition) is 4. The Labute approximate surface area is 70.1 Å². The molecule has 4 nitrogen and oxygen atoms in total. The first-order valence-electron chi connectivity index (χ1n) is 3.68. The number of carbonyl (C=O) groups is 2. The molecule has 4 heteroatoms. The molecule has 0 bridgehead atoms. The van der Waals surface area contributed by atoms with Crippen molar-refractivity contribution in [1.82, 2.24) is 0 Å². The van der Waals surface area contributed by atoms with Gasteiger partial charge in [-0.05, 0) is 0 Å². The van der Waals surface area contributed by atoms with Gasteiger partial charge in [-0.15, -0.1) is 0 Å². The Morgan fingerprint density at radius 2 is 2.33 bits per heavy atom. The number of nitrogens with zero attached hydrogens (tertiary/aromatic N) is 1. The van der Waals surface area contributed by atoms with Crippen LogP contribution in [-0.4, -0.2) is 18.9 Å². The van der Waals surface area contributed by atoms with Crippen molar-refractivity contribution in [2.45, 2.75) is 12.8 Å². The fraction of sp³-hybridized carbons (Fsp3) is 0.625. The molecule has 0 aromatic carbocycles. The zero-order chi connectivity index (χ0) is 9.14. The summed E-state index contributed by atoms with van der Waals surface area (Å²) in [5, 5.41) is 8.59. The van der Waals surface area contributed by atoms with Crippen molar-refractivity contribution in [3.8, 4) is 6.07 Å². The van der Waals surface area contributed by atoms with Crippen LogP contribution in [0.2, 0.25) is 0 Å². The molecule has 0 aromatic heterocycles. The maximum Gasteiger partial charge on any atom is 0.310 e. The first-order valence-corrected chi connectivity index (χ1v) is 3.68. The van der Waals surface area contributed by atoms with Crippen LogP contribution in [0.1, 0.15) is 12.8 Å². The summed E-state index contributed by atoms with van der Waals surface area (Å²) in [7, 11) is 1.26. The summed E-state index contributed by atoms with van der Waals surface area (Å²) in [5.74, 6) is -1.50. The zero-order valence-electron chi connectivity index (χ0n) is 6.74. The van der Waals surface area contributed by atoms with Crippen molar-refractivity contribution in [3.63, 3.8) is 0 Å². The Balaban J connectivity index is 2.71. The molecule has 0 spiro atoms. The summed E-state index contributed by atoms with van der Waals surface area (Å²) in [6.07, 6.45) is 0.348. The number of ether oxygens (including phenoxy) is 1. The molecule has 0 saturated heterocycles. The van der Waals surface area contributed by atoms with Gasteiger partial charge in [0, 0.05) is 12.8 Å². The molecule has 0 N–H and O–H groups in total. The van der Waals surface area contributed by atoms with Crippen LogP contribution >= 0.6 is 0 Å². The minimum absolute atomic E-state index is 0.0306. The molecule has 1 aliphatic rings. The lowest BCUT2D eigenvalue weighted by molar-refractivity contribution is -0.146. The van der Waals surface area contributed by atoms with Crippen LogP contribution in [-0.2, 0) is 14.3 Å². The molecular formula is C8H9NO3. The smallest absolute Gasteiger partial charge is 0.310 e. The number of ketones is 1. The van der Waals surface area contributed by atoms with Crippen molar-refractivity contribution in [2.24, 2.45) is 11.8 Å². The Kier molecular flexibility index (Phi) is 2.44. The minimum Gasteiger partial charge on any atom is -0.469 e. The third-order valence-electron chi connectivity index (χ3n) is 2.05. The van der Waals surface area contributed by atoms with E-state index in [1.54, 1.807) is 0 Å². The molecule has 0 radical (unpaired) electrons. The van der Waals surface area contributed by atoms with Gasteiger partial charge in [-0.2, -0.15) is 5.26 Å². The van der Waals surface area contributed by atoms with E-state index < -0.39 is 17.8 Å². The van der Waals surface area contributed by atoms with Crippen LogP contribution in [0.5, 0.6) is 0 Å². The zero-order valence-corrected chi connectivity index (χ0v) is 6.74. The fourth-order valence-electron chi connectivity index (χ4n) is 1.39. The molecule has 1 fully saturated rings. The van der Waals surface area contributed by atoms with Crippen LogP contribution < -0.4 is 0 Å². The van der Waals surface area contributed by atoms with Crippen molar-refractivity contribution in [1.29, 1.82) is 5.26 Å². The van der Waals surface area contributed by atoms with Gasteiger partial charge in [0.05, 0.1) is 25.0 Å². The molecule has 0 aromatic rings. The molecule has 0 unspecified atom stereocenters. The van der Waals surface area contributed by atoms with Gasteiger partial charge in [0.2, 0.25) is 0 Å². The van der Waals surface area contributed by atoms with E-state index in [4.69, 9.17) is 5.26 Å². The Bertz CT molecular complexity index is 254. The second-order valence-electron chi connectivity index (χ2n) is 2.81. The first kappa shape index (κ1) is 8.72. The van der Waals surface area contributed by atoms with E-state index in [1.807, 2.05) is 6.07 Å². The summed E-state index contributed by atoms with van der Waals surface area (Å²) >= 11 is 0. The Hall–Kier alpha value is -1.37. The van der Waals surface area contributed by atoms with Crippen LogP contribution in [0.25, 0.3) is 0 Å². The number of hydrogen-bond donors (Lipinski definition) is 0. The predicted octanol–water partition coefficient (Wildman–Crippen LogP) is 0.278. The molecule has 2 atom stereocenters. The van der Waals surface area contributed by atoms with E-state index in [2.05, 4.69) is 4.74 Å². The molecule has 1 saturated carbocycles. The summed E-state index contributed by atoms with van der Waals surface area (Å²) in [6, 6.07) is 1.94. The highest BCUT2D eigenvalue weighted by Gasteiger charge is 2.38. The molecule has 64 valence electrons. The average molecular weight is 167 g/mol. The molecule has 0 aliphatic heterocycles. The van der Waals surface area contributed by atoms with E-state index in [-0.39, 0.29) is 18.6 Å². The number of methoxy groups -OCH3 is 1. The second kappa shape index (κ2) is 3.35. The maximum atomic E-state index is 11.0. The van der Waals surface area contributed by atoms with Gasteiger partial charge in [0.1, 0.15) is 5.78 Å². The predicted molar refractivity (Wildman–Crippen MR) is 38.9 cm³/mol. The van der Waals surface area contributed by atoms with Gasteiger partial charge in [-0.1, -0.05) is 0 Å². The van der Waals surface area contributed by atoms with E-state index in [0.717, 1.165) is 0 Å². The Morgan fingerprint density at radius 3 is 2.83 bits per heavy atom. The minimum atomic E-state index is -0.535. The standard InChI is InChI=1S/C8H9NO3/c1-12-8(11)7-3-6(10)2-5(7)4-9/h5,7H,2-3H2,1H3/t5-,7+/m1/s1. The van der Waals surface area contributed by atoms with Crippen LogP contribution in [0.4, 0.5) is 0 Å². The maximum absolute atomic E-state index is 11.0. The van der Waals surface area contributed by atoms with Gasteiger partial charge in [-0.25, -0.2) is 0 Å². The van der Waals surface area contributed by atoms with E-state index in [1.165, 1.54) is 7.11 Å². The fourth-order valence-corrected chi connectivity index (χ4v) is 1.39. The van der Waals surface area contributed by atoms with Crippen LogP contribution in [0.15, 0.2) is 0 Å². The average Bonchev–Trinajstić information content (AvgIpc) is 2.45. The molecular weight excluding hydrogens is 158 g/mol. The van der Waals surface area contributed by atoms with Gasteiger partial charge in [0.15, 0.2) is 0 Å². The topological polar surface area (TPSA) is 67.2 Å². The molecule has 1 rings (SSSR count). The summed E-state index contributed by atoms with van der Waals surface area (Å²) in [5.41, 5.74) is 0. The van der Waals surface area contributed by atoms with E-state index in [0.29, 0.717) is 0 Å². The lowest BCUT2D eigenvalue weighted by Crippen LogP contribution is -2.19. The summed E-state index contributed by atoms with van der Waals surface area (Å²) < 4.78 is 4.47. The molecule has 12 heavy (non-hydrogen) atoms. The number of Topliss-reactive ketones (excluding diaryl/α,β-unsaturated/α-hetero) is 1. The third kappa shape index (κ3) is 1.45. The SMILES string of the molecule is COC(=O)[C@H]1CC(=O)C[C@@H]1C#N. The summed E-state index contributed by atoms with van der Waals surface area (Å²) in [6.45, 7) is 0. The number of esters is 1. The van der Waals surface area contributed by atoms with Crippen molar-refractivity contribution in [2.75, 3.05) is 7.11 Å². The van der Waals surface area contributed by atoms with Crippen molar-refractivity contribution < 1.29 is 14.3 Å². The molecule has 0 heterocycles. The van der Waals surface area contributed by atoms with Crippen LogP contribution in [0, 0.1) is 23.2 Å². The normalized spacial score (nSPS) is 28.2. The third-order valence-corrected chi connectivity index (χ3v) is 2.05. The second-order valence-corrected chi connectivity index (χ2v) is 2.81. The highest BCUT2D eigenvalue weighted by atomic mass is 16.5. The molecule has 1 aliphatic carbocycles. The highest BCUT2D eigenvalue weighted by Crippen LogP contribution is 2.29. The quantitative estimate of drug-likeness (QED) is 0.526. The van der Waals surface area contributed by atoms with Crippen molar-refractivity contribution in [3.05, 3.63) is 0 Å². The largest absolute Gasteiger partial charge is 0.469 e. The first-order chi connectivity index (χ1) is 5.69. The molecule has 0 amide bonds. The number of carbonyl (C=O) groups excluding carboxylic acids is 2. The van der Waals surface area contributed by atoms with Gasteiger partial charge in [0.25, 0.3) is 0 Å². The van der Waals surface area contributed by atoms with Gasteiger partial charge in [-0.3, -0.25) is 9.59 Å². The number of rotatable bonds is 1. The van der Waals surface area contributed by atoms with Gasteiger partial charge < -0.3 is 4.74 Å². The van der Waals surface area contributed by atoms with E-state index >= 15 is 0 Å². The van der Waals surface area contributed by atoms with Crippen molar-refractivity contribution >= 4 is 11.8 Å². The van der Waals surface area contributed by atoms with Crippen LogP contribution in [0.3, 0.4) is 0 Å². The monoisotopic (exact) mass is 167 g/mol. The van der Waals surface area contributed by atoms with Gasteiger partial charge >= 0.3 is 5.97 Å². The van der Waals surface area contributed by atoms with E-state index in [9.17, 15) is 9.59 Å². The lowest BCUT2D eigenvalue weighted by Gasteiger charge is -2.07. The number of nitriles is 1. The lowest BCUT2D eigenvalue weighted by atomic mass is 9.98. The Morgan fingerprint density at radius 1 is 1.67 bits per heavy atom. The highest BCUT2D eigenvalue weighted by molar-refractivity contribution is 5.89.